The van der Waals surface area contributed by atoms with Gasteiger partial charge in [0.1, 0.15) is 11.5 Å². The number of hydrogen-bond donors (Lipinski definition) is 1. The van der Waals surface area contributed by atoms with Crippen molar-refractivity contribution in [2.24, 2.45) is 0 Å². The predicted octanol–water partition coefficient (Wildman–Crippen LogP) is 3.09. The lowest BCUT2D eigenvalue weighted by atomic mass is 10.0. The van der Waals surface area contributed by atoms with Crippen LogP contribution in [0.1, 0.15) is 32.6 Å². The molecule has 1 unspecified atom stereocenters. The maximum absolute atomic E-state index is 13.3. The van der Waals surface area contributed by atoms with E-state index in [4.69, 9.17) is 0 Å². The summed E-state index contributed by atoms with van der Waals surface area (Å²) < 4.78 is 13.3. The van der Waals surface area contributed by atoms with Gasteiger partial charge in [0.05, 0.1) is 11.0 Å². The van der Waals surface area contributed by atoms with Crippen molar-refractivity contribution in [3.05, 3.63) is 34.1 Å². The Morgan fingerprint density at radius 1 is 1.48 bits per heavy atom. The molecule has 2 rings (SSSR count). The molecule has 1 fully saturated rings. The maximum atomic E-state index is 13.3. The lowest BCUT2D eigenvalue weighted by Crippen LogP contribution is -2.44. The van der Waals surface area contributed by atoms with Crippen LogP contribution in [0.25, 0.3) is 0 Å². The van der Waals surface area contributed by atoms with Crippen LogP contribution < -0.4 is 10.2 Å². The largest absolute Gasteiger partial charge is 0.364 e. The van der Waals surface area contributed by atoms with E-state index in [9.17, 15) is 14.5 Å². The summed E-state index contributed by atoms with van der Waals surface area (Å²) >= 11 is 0. The Balaban J connectivity index is 2.22. The van der Waals surface area contributed by atoms with Crippen LogP contribution in [0, 0.1) is 15.9 Å². The minimum Gasteiger partial charge on any atom is -0.364 e. The number of benzene rings is 1. The molecule has 1 aromatic carbocycles. The highest BCUT2D eigenvalue weighted by Gasteiger charge is 2.23. The molecule has 6 heteroatoms. The second kappa shape index (κ2) is 7.36. The van der Waals surface area contributed by atoms with Crippen LogP contribution in [0.3, 0.4) is 0 Å². The maximum Gasteiger partial charge on any atom is 0.295 e. The molecule has 0 aromatic heterocycles. The molecule has 116 valence electrons. The zero-order valence-electron chi connectivity index (χ0n) is 12.3. The summed E-state index contributed by atoms with van der Waals surface area (Å²) in [5.41, 5.74) is 0.356. The molecule has 1 saturated heterocycles. The third kappa shape index (κ3) is 4.14. The van der Waals surface area contributed by atoms with Crippen molar-refractivity contribution in [1.82, 2.24) is 5.32 Å². The van der Waals surface area contributed by atoms with E-state index in [1.807, 2.05) is 11.8 Å². The summed E-state index contributed by atoms with van der Waals surface area (Å²) in [4.78, 5) is 12.7. The quantitative estimate of drug-likeness (QED) is 0.647. The van der Waals surface area contributed by atoms with Crippen LogP contribution in [0.15, 0.2) is 18.2 Å². The Morgan fingerprint density at radius 2 is 2.29 bits per heavy atom. The van der Waals surface area contributed by atoms with E-state index in [1.165, 1.54) is 25.0 Å². The summed E-state index contributed by atoms with van der Waals surface area (Å²) in [6, 6.07) is 4.16. The summed E-state index contributed by atoms with van der Waals surface area (Å²) in [5.74, 6) is -0.572. The average Bonchev–Trinajstić information content (AvgIpc) is 2.48. The van der Waals surface area contributed by atoms with Crippen LogP contribution in [0.4, 0.5) is 15.8 Å². The third-order valence-electron chi connectivity index (χ3n) is 3.82. The van der Waals surface area contributed by atoms with Crippen LogP contribution in [-0.2, 0) is 0 Å². The highest BCUT2D eigenvalue weighted by Crippen LogP contribution is 2.29. The molecule has 5 nitrogen and oxygen atoms in total. The molecule has 1 atom stereocenters. The summed E-state index contributed by atoms with van der Waals surface area (Å²) in [6.45, 7) is 4.48. The molecule has 1 aliphatic rings. The van der Waals surface area contributed by atoms with E-state index < -0.39 is 10.7 Å². The Bertz CT molecular complexity index is 490. The molecule has 0 radical (unpaired) electrons. The highest BCUT2D eigenvalue weighted by molar-refractivity contribution is 5.63. The molecular formula is C15H22FN3O2. The van der Waals surface area contributed by atoms with Gasteiger partial charge in [0, 0.05) is 19.1 Å². The minimum atomic E-state index is -0.572. The number of hydrogen-bond acceptors (Lipinski definition) is 4. The van der Waals surface area contributed by atoms with E-state index in [0.717, 1.165) is 38.5 Å². The topological polar surface area (TPSA) is 58.4 Å². The first-order valence-electron chi connectivity index (χ1n) is 7.54. The van der Waals surface area contributed by atoms with Gasteiger partial charge in [-0.2, -0.15) is 0 Å². The van der Waals surface area contributed by atoms with E-state index >= 15 is 0 Å². The number of nitrogens with one attached hydrogen (secondary N) is 1. The first-order chi connectivity index (χ1) is 10.1. The smallest absolute Gasteiger partial charge is 0.295 e. The number of halogens is 1. The summed E-state index contributed by atoms with van der Waals surface area (Å²) in [5, 5.41) is 14.6. The van der Waals surface area contributed by atoms with Gasteiger partial charge in [-0.3, -0.25) is 10.1 Å². The lowest BCUT2D eigenvalue weighted by molar-refractivity contribution is -0.384. The Kier molecular flexibility index (Phi) is 5.50. The van der Waals surface area contributed by atoms with E-state index in [0.29, 0.717) is 11.7 Å². The first-order valence-corrected chi connectivity index (χ1v) is 7.54. The Morgan fingerprint density at radius 3 is 2.90 bits per heavy atom. The van der Waals surface area contributed by atoms with Gasteiger partial charge in [0.15, 0.2) is 0 Å². The van der Waals surface area contributed by atoms with Gasteiger partial charge in [-0.15, -0.1) is 0 Å². The van der Waals surface area contributed by atoms with Crippen LogP contribution in [0.2, 0.25) is 0 Å². The monoisotopic (exact) mass is 295 g/mol. The number of nitro benzene ring substituents is 1. The number of piperidine rings is 1. The Labute approximate surface area is 124 Å². The second-order valence-corrected chi connectivity index (χ2v) is 5.48. The zero-order valence-corrected chi connectivity index (χ0v) is 12.3. The highest BCUT2D eigenvalue weighted by atomic mass is 19.1. The molecular weight excluding hydrogens is 273 g/mol. The van der Waals surface area contributed by atoms with Crippen LogP contribution >= 0.6 is 0 Å². The van der Waals surface area contributed by atoms with Gasteiger partial charge in [-0.1, -0.05) is 13.3 Å². The van der Waals surface area contributed by atoms with Gasteiger partial charge in [-0.25, -0.2) is 4.39 Å². The summed E-state index contributed by atoms with van der Waals surface area (Å²) in [7, 11) is 0. The predicted molar refractivity (Wildman–Crippen MR) is 81.2 cm³/mol. The van der Waals surface area contributed by atoms with Crippen molar-refractivity contribution in [2.75, 3.05) is 24.5 Å². The van der Waals surface area contributed by atoms with Gasteiger partial charge >= 0.3 is 0 Å². The van der Waals surface area contributed by atoms with Crippen molar-refractivity contribution < 1.29 is 9.31 Å². The molecule has 0 amide bonds. The first kappa shape index (κ1) is 15.7. The normalized spacial score (nSPS) is 18.5. The van der Waals surface area contributed by atoms with Crippen molar-refractivity contribution in [3.8, 4) is 0 Å². The van der Waals surface area contributed by atoms with Crippen molar-refractivity contribution >= 4 is 11.4 Å². The fourth-order valence-corrected chi connectivity index (χ4v) is 2.84. The van der Waals surface area contributed by atoms with Gasteiger partial charge in [-0.05, 0) is 37.9 Å². The molecule has 0 bridgehead atoms. The standard InChI is InChI=1S/C15H22FN3O2/c1-2-9-18(11-13-5-3-4-8-17-13)14-7-6-12(16)10-15(14)19(20)21/h6-7,10,13,17H,2-5,8-9,11H2,1H3. The number of nitro groups is 1. The van der Waals surface area contributed by atoms with E-state index in [1.54, 1.807) is 0 Å². The number of anilines is 1. The fourth-order valence-electron chi connectivity index (χ4n) is 2.84. The molecule has 0 saturated carbocycles. The van der Waals surface area contributed by atoms with Crippen molar-refractivity contribution in [2.45, 2.75) is 38.6 Å². The summed E-state index contributed by atoms with van der Waals surface area (Å²) in [6.07, 6.45) is 4.33. The van der Waals surface area contributed by atoms with E-state index in [2.05, 4.69) is 5.32 Å². The van der Waals surface area contributed by atoms with E-state index in [-0.39, 0.29) is 5.69 Å². The molecule has 0 aliphatic carbocycles. The van der Waals surface area contributed by atoms with Crippen LogP contribution in [0.5, 0.6) is 0 Å². The SMILES string of the molecule is CCCN(CC1CCCCN1)c1ccc(F)cc1[N+](=O)[O-]. The zero-order chi connectivity index (χ0) is 15.2. The fraction of sp³-hybridized carbons (Fsp3) is 0.600. The molecule has 1 heterocycles. The average molecular weight is 295 g/mol. The van der Waals surface area contributed by atoms with Gasteiger partial charge in [0.25, 0.3) is 5.69 Å². The molecule has 1 aliphatic heterocycles. The number of rotatable bonds is 6. The van der Waals surface area contributed by atoms with Crippen molar-refractivity contribution in [1.29, 1.82) is 0 Å². The van der Waals surface area contributed by atoms with Crippen molar-refractivity contribution in [3.63, 3.8) is 0 Å². The van der Waals surface area contributed by atoms with Crippen LogP contribution in [-0.4, -0.2) is 30.6 Å². The second-order valence-electron chi connectivity index (χ2n) is 5.48. The Hall–Kier alpha value is -1.69. The molecule has 21 heavy (non-hydrogen) atoms. The number of nitrogens with zero attached hydrogens (tertiary/aromatic N) is 2. The van der Waals surface area contributed by atoms with Gasteiger partial charge < -0.3 is 10.2 Å². The minimum absolute atomic E-state index is 0.153. The third-order valence-corrected chi connectivity index (χ3v) is 3.82. The molecule has 1 N–H and O–H groups in total. The van der Waals surface area contributed by atoms with Gasteiger partial charge in [0.2, 0.25) is 0 Å². The molecule has 1 aromatic rings. The lowest BCUT2D eigenvalue weighted by Gasteiger charge is -2.31. The molecule has 0 spiro atoms.